The summed E-state index contributed by atoms with van der Waals surface area (Å²) in [5, 5.41) is 6.80. The van der Waals surface area contributed by atoms with Crippen LogP contribution in [0.4, 0.5) is 4.39 Å². The van der Waals surface area contributed by atoms with Gasteiger partial charge >= 0.3 is 0 Å². The summed E-state index contributed by atoms with van der Waals surface area (Å²) in [5.74, 6) is 0.816. The number of carbonyl (C=O) groups excluding carboxylic acids is 1. The van der Waals surface area contributed by atoms with E-state index < -0.39 is 5.82 Å². The topological polar surface area (TPSA) is 64.4 Å². The number of carbonyl (C=O) groups is 1. The van der Waals surface area contributed by atoms with Gasteiger partial charge in [-0.1, -0.05) is 23.4 Å². The van der Waals surface area contributed by atoms with Crippen molar-refractivity contribution in [1.82, 2.24) is 10.5 Å². The van der Waals surface area contributed by atoms with Crippen LogP contribution in [0.5, 0.6) is 5.75 Å². The molecule has 0 aliphatic heterocycles. The van der Waals surface area contributed by atoms with Gasteiger partial charge in [0.2, 0.25) is 0 Å². The summed E-state index contributed by atoms with van der Waals surface area (Å²) in [6.45, 7) is 3.68. The van der Waals surface area contributed by atoms with Crippen LogP contribution in [0, 0.1) is 12.7 Å². The highest BCUT2D eigenvalue weighted by atomic mass is 32.2. The number of nitrogens with zero attached hydrogens (tertiary/aromatic N) is 1. The van der Waals surface area contributed by atoms with Crippen molar-refractivity contribution in [2.24, 2.45) is 0 Å². The fourth-order valence-electron chi connectivity index (χ4n) is 2.72. The first kappa shape index (κ1) is 19.9. The molecule has 28 heavy (non-hydrogen) atoms. The molecule has 0 radical (unpaired) electrons. The van der Waals surface area contributed by atoms with Crippen molar-refractivity contribution in [2.75, 3.05) is 7.11 Å². The maximum Gasteiger partial charge on any atom is 0.252 e. The van der Waals surface area contributed by atoms with Crippen LogP contribution in [-0.4, -0.2) is 18.2 Å². The lowest BCUT2D eigenvalue weighted by Crippen LogP contribution is -2.27. The zero-order chi connectivity index (χ0) is 20.1. The molecule has 1 atom stereocenters. The number of aromatic nitrogens is 1. The second kappa shape index (κ2) is 8.93. The van der Waals surface area contributed by atoms with Gasteiger partial charge in [-0.3, -0.25) is 4.79 Å². The molecular weight excluding hydrogens is 379 g/mol. The molecule has 1 heterocycles. The number of aryl methyl sites for hydroxylation is 1. The molecule has 7 heteroatoms. The summed E-state index contributed by atoms with van der Waals surface area (Å²) < 4.78 is 24.1. The van der Waals surface area contributed by atoms with E-state index in [0.717, 1.165) is 16.3 Å². The van der Waals surface area contributed by atoms with Crippen molar-refractivity contribution < 1.29 is 18.4 Å². The summed E-state index contributed by atoms with van der Waals surface area (Å²) in [5.41, 5.74) is 2.04. The number of benzene rings is 2. The molecule has 5 nitrogen and oxygen atoms in total. The van der Waals surface area contributed by atoms with Gasteiger partial charge < -0.3 is 14.6 Å². The van der Waals surface area contributed by atoms with Crippen molar-refractivity contribution in [3.05, 3.63) is 76.9 Å². The molecule has 0 aliphatic carbocycles. The van der Waals surface area contributed by atoms with Crippen LogP contribution in [0.3, 0.4) is 0 Å². The first-order valence-electron chi connectivity index (χ1n) is 8.76. The summed E-state index contributed by atoms with van der Waals surface area (Å²) >= 11 is 1.50. The predicted molar refractivity (Wildman–Crippen MR) is 106 cm³/mol. The largest absolute Gasteiger partial charge is 0.494 e. The summed E-state index contributed by atoms with van der Waals surface area (Å²) in [6, 6.07) is 13.5. The van der Waals surface area contributed by atoms with Crippen molar-refractivity contribution in [2.45, 2.75) is 30.5 Å². The molecule has 3 aromatic rings. The zero-order valence-corrected chi connectivity index (χ0v) is 16.7. The molecule has 1 amide bonds. The molecule has 0 fully saturated rings. The molecule has 0 bridgehead atoms. The zero-order valence-electron chi connectivity index (χ0n) is 15.9. The van der Waals surface area contributed by atoms with Gasteiger partial charge in [-0.2, -0.15) is 0 Å². The standard InChI is InChI=1S/C21H21FN2O3S/c1-13-10-16(27-24-13)12-28-20-7-5-4-6-17(20)21(25)23-14(2)15-8-9-19(26-3)18(22)11-15/h4-11,14H,12H2,1-3H3,(H,23,25). The Kier molecular flexibility index (Phi) is 6.36. The average molecular weight is 400 g/mol. The molecule has 1 aromatic heterocycles. The monoisotopic (exact) mass is 400 g/mol. The smallest absolute Gasteiger partial charge is 0.252 e. The second-order valence-corrected chi connectivity index (χ2v) is 7.33. The fraction of sp³-hybridized carbons (Fsp3) is 0.238. The number of hydrogen-bond donors (Lipinski definition) is 1. The molecular formula is C21H21FN2O3S. The van der Waals surface area contributed by atoms with Crippen LogP contribution < -0.4 is 10.1 Å². The number of amides is 1. The van der Waals surface area contributed by atoms with Gasteiger partial charge in [0.1, 0.15) is 5.76 Å². The number of ether oxygens (including phenoxy) is 1. The lowest BCUT2D eigenvalue weighted by atomic mass is 10.1. The number of halogens is 1. The van der Waals surface area contributed by atoms with Crippen LogP contribution >= 0.6 is 11.8 Å². The molecule has 2 aromatic carbocycles. The Hall–Kier alpha value is -2.80. The molecule has 1 N–H and O–H groups in total. The van der Waals surface area contributed by atoms with Crippen LogP contribution in [-0.2, 0) is 5.75 Å². The first-order valence-corrected chi connectivity index (χ1v) is 9.75. The van der Waals surface area contributed by atoms with E-state index in [1.54, 1.807) is 18.2 Å². The predicted octanol–water partition coefficient (Wildman–Crippen LogP) is 4.91. The Morgan fingerprint density at radius 3 is 2.75 bits per heavy atom. The van der Waals surface area contributed by atoms with Gasteiger partial charge in [0, 0.05) is 11.0 Å². The minimum Gasteiger partial charge on any atom is -0.494 e. The van der Waals surface area contributed by atoms with E-state index in [2.05, 4.69) is 10.5 Å². The van der Waals surface area contributed by atoms with E-state index in [1.165, 1.54) is 24.9 Å². The molecule has 146 valence electrons. The maximum atomic E-state index is 13.9. The molecule has 3 rings (SSSR count). The van der Waals surface area contributed by atoms with Crippen molar-refractivity contribution in [1.29, 1.82) is 0 Å². The Labute approximate surface area is 167 Å². The average Bonchev–Trinajstić information content (AvgIpc) is 3.11. The molecule has 0 aliphatic rings. The highest BCUT2D eigenvalue weighted by molar-refractivity contribution is 7.98. The van der Waals surface area contributed by atoms with E-state index in [-0.39, 0.29) is 17.7 Å². The first-order chi connectivity index (χ1) is 13.5. The van der Waals surface area contributed by atoms with Crippen molar-refractivity contribution in [3.8, 4) is 5.75 Å². The van der Waals surface area contributed by atoms with Crippen LogP contribution in [0.2, 0.25) is 0 Å². The van der Waals surface area contributed by atoms with E-state index in [9.17, 15) is 9.18 Å². The van der Waals surface area contributed by atoms with E-state index in [4.69, 9.17) is 9.26 Å². The van der Waals surface area contributed by atoms with Crippen LogP contribution in [0.25, 0.3) is 0 Å². The van der Waals surface area contributed by atoms with Crippen molar-refractivity contribution in [3.63, 3.8) is 0 Å². The lowest BCUT2D eigenvalue weighted by molar-refractivity contribution is 0.0937. The van der Waals surface area contributed by atoms with Crippen molar-refractivity contribution >= 4 is 17.7 Å². The van der Waals surface area contributed by atoms with E-state index in [1.807, 2.05) is 38.1 Å². The van der Waals surface area contributed by atoms with Crippen LogP contribution in [0.1, 0.15) is 40.3 Å². The summed E-state index contributed by atoms with van der Waals surface area (Å²) in [6.07, 6.45) is 0. The number of rotatable bonds is 7. The van der Waals surface area contributed by atoms with E-state index >= 15 is 0 Å². The third kappa shape index (κ3) is 4.72. The van der Waals surface area contributed by atoms with Crippen LogP contribution in [0.15, 0.2) is 57.9 Å². The Morgan fingerprint density at radius 2 is 2.07 bits per heavy atom. The summed E-state index contributed by atoms with van der Waals surface area (Å²) in [4.78, 5) is 13.6. The minimum absolute atomic E-state index is 0.173. The summed E-state index contributed by atoms with van der Waals surface area (Å²) in [7, 11) is 1.41. The lowest BCUT2D eigenvalue weighted by Gasteiger charge is -2.16. The molecule has 1 unspecified atom stereocenters. The number of hydrogen-bond acceptors (Lipinski definition) is 5. The third-order valence-corrected chi connectivity index (χ3v) is 5.30. The highest BCUT2D eigenvalue weighted by Gasteiger charge is 2.16. The minimum atomic E-state index is -0.459. The number of nitrogens with one attached hydrogen (secondary N) is 1. The fourth-order valence-corrected chi connectivity index (χ4v) is 3.65. The molecule has 0 saturated heterocycles. The van der Waals surface area contributed by atoms with E-state index in [0.29, 0.717) is 16.9 Å². The highest BCUT2D eigenvalue weighted by Crippen LogP contribution is 2.27. The van der Waals surface area contributed by atoms with Gasteiger partial charge in [-0.25, -0.2) is 4.39 Å². The van der Waals surface area contributed by atoms with Gasteiger partial charge in [-0.15, -0.1) is 11.8 Å². The Morgan fingerprint density at radius 1 is 1.29 bits per heavy atom. The molecule has 0 saturated carbocycles. The normalized spacial score (nSPS) is 11.9. The third-order valence-electron chi connectivity index (χ3n) is 4.20. The number of thioether (sulfide) groups is 1. The SMILES string of the molecule is COc1ccc(C(C)NC(=O)c2ccccc2SCc2cc(C)no2)cc1F. The number of methoxy groups -OCH3 is 1. The van der Waals surface area contributed by atoms with Gasteiger partial charge in [0.25, 0.3) is 5.91 Å². The second-order valence-electron chi connectivity index (χ2n) is 6.31. The molecule has 0 spiro atoms. The Bertz CT molecular complexity index is 974. The Balaban J connectivity index is 1.70. The van der Waals surface area contributed by atoms with Gasteiger partial charge in [0.15, 0.2) is 11.6 Å². The quantitative estimate of drug-likeness (QED) is 0.571. The van der Waals surface area contributed by atoms with Gasteiger partial charge in [0.05, 0.1) is 30.2 Å². The van der Waals surface area contributed by atoms with Gasteiger partial charge in [-0.05, 0) is 43.7 Å². The maximum absolute atomic E-state index is 13.9.